The van der Waals surface area contributed by atoms with Gasteiger partial charge in [0.25, 0.3) is 5.91 Å². The second-order valence-corrected chi connectivity index (χ2v) is 8.31. The molecule has 2 aromatic carbocycles. The number of amides is 1. The smallest absolute Gasteiger partial charge is 0.290 e. The summed E-state index contributed by atoms with van der Waals surface area (Å²) in [4.78, 5) is 31.2. The molecule has 32 heavy (non-hydrogen) atoms. The molecule has 0 N–H and O–H groups in total. The van der Waals surface area contributed by atoms with E-state index in [0.29, 0.717) is 23.1 Å². The molecule has 0 saturated carbocycles. The van der Waals surface area contributed by atoms with E-state index in [0.717, 1.165) is 42.1 Å². The lowest BCUT2D eigenvalue weighted by Crippen LogP contribution is -2.37. The summed E-state index contributed by atoms with van der Waals surface area (Å²) >= 11 is 0. The van der Waals surface area contributed by atoms with Crippen LogP contribution in [-0.2, 0) is 0 Å². The predicted molar refractivity (Wildman–Crippen MR) is 126 cm³/mol. The summed E-state index contributed by atoms with van der Waals surface area (Å²) in [7, 11) is 1.62. The maximum Gasteiger partial charge on any atom is 0.290 e. The molecule has 0 fully saturated rings. The van der Waals surface area contributed by atoms with Crippen molar-refractivity contribution in [1.29, 1.82) is 0 Å². The first-order valence-electron chi connectivity index (χ1n) is 11.1. The largest absolute Gasteiger partial charge is 0.497 e. The number of benzene rings is 2. The Kier molecular flexibility index (Phi) is 6.07. The maximum atomic E-state index is 13.7. The Balaban J connectivity index is 1.88. The van der Waals surface area contributed by atoms with E-state index in [4.69, 9.17) is 9.15 Å². The van der Waals surface area contributed by atoms with Crippen LogP contribution in [0, 0.1) is 13.8 Å². The standard InChI is InChI=1S/C26H30N2O4/c1-6-27(7-2)12-13-28-23(18-8-10-19(31-5)11-9-18)22-24(29)20-14-16(3)17(4)15-21(20)32-25(22)26(28)30/h8-11,14-15,23H,6-7,12-13H2,1-5H3. The van der Waals surface area contributed by atoms with Crippen LogP contribution in [0.5, 0.6) is 5.75 Å². The van der Waals surface area contributed by atoms with Gasteiger partial charge in [0.05, 0.1) is 24.1 Å². The Labute approximate surface area is 188 Å². The van der Waals surface area contributed by atoms with Gasteiger partial charge in [0.15, 0.2) is 5.43 Å². The third-order valence-corrected chi connectivity index (χ3v) is 6.57. The zero-order valence-electron chi connectivity index (χ0n) is 19.4. The Morgan fingerprint density at radius 2 is 1.69 bits per heavy atom. The lowest BCUT2D eigenvalue weighted by molar-refractivity contribution is 0.0708. The van der Waals surface area contributed by atoms with E-state index in [1.54, 1.807) is 12.0 Å². The number of likely N-dealkylation sites (N-methyl/N-ethyl adjacent to an activating group) is 1. The number of fused-ring (bicyclic) bond motifs is 2. The van der Waals surface area contributed by atoms with Gasteiger partial charge in [-0.3, -0.25) is 9.59 Å². The molecule has 1 aliphatic rings. The van der Waals surface area contributed by atoms with E-state index in [-0.39, 0.29) is 17.1 Å². The molecule has 3 aromatic rings. The minimum atomic E-state index is -0.485. The molecular formula is C26H30N2O4. The molecular weight excluding hydrogens is 404 g/mol. The van der Waals surface area contributed by atoms with Crippen LogP contribution in [0.3, 0.4) is 0 Å². The molecule has 1 amide bonds. The van der Waals surface area contributed by atoms with Gasteiger partial charge in [0.2, 0.25) is 5.76 Å². The number of hydrogen-bond donors (Lipinski definition) is 0. The number of carbonyl (C=O) groups excluding carboxylic acids is 1. The van der Waals surface area contributed by atoms with Crippen molar-refractivity contribution in [1.82, 2.24) is 9.80 Å². The molecule has 2 heterocycles. The summed E-state index contributed by atoms with van der Waals surface area (Å²) in [6.45, 7) is 11.2. The van der Waals surface area contributed by atoms with Gasteiger partial charge in [-0.15, -0.1) is 0 Å². The summed E-state index contributed by atoms with van der Waals surface area (Å²) in [5.41, 5.74) is 3.67. The molecule has 0 spiro atoms. The zero-order valence-corrected chi connectivity index (χ0v) is 19.4. The number of aryl methyl sites for hydroxylation is 2. The molecule has 0 radical (unpaired) electrons. The van der Waals surface area contributed by atoms with Crippen LogP contribution in [0.2, 0.25) is 0 Å². The van der Waals surface area contributed by atoms with E-state index in [9.17, 15) is 9.59 Å². The summed E-state index contributed by atoms with van der Waals surface area (Å²) in [6.07, 6.45) is 0. The number of methoxy groups -OCH3 is 1. The van der Waals surface area contributed by atoms with Gasteiger partial charge in [-0.25, -0.2) is 0 Å². The minimum Gasteiger partial charge on any atom is -0.497 e. The highest BCUT2D eigenvalue weighted by molar-refractivity contribution is 5.99. The average Bonchev–Trinajstić information content (AvgIpc) is 3.08. The molecule has 6 nitrogen and oxygen atoms in total. The average molecular weight is 435 g/mol. The molecule has 0 saturated heterocycles. The van der Waals surface area contributed by atoms with Gasteiger partial charge in [-0.2, -0.15) is 0 Å². The van der Waals surface area contributed by atoms with Crippen molar-refractivity contribution in [2.24, 2.45) is 0 Å². The van der Waals surface area contributed by atoms with Crippen molar-refractivity contribution in [2.45, 2.75) is 33.7 Å². The molecule has 6 heteroatoms. The topological polar surface area (TPSA) is 63.0 Å². The lowest BCUT2D eigenvalue weighted by atomic mass is 9.97. The summed E-state index contributed by atoms with van der Waals surface area (Å²) in [6, 6.07) is 10.8. The highest BCUT2D eigenvalue weighted by Crippen LogP contribution is 2.38. The molecule has 1 aliphatic heterocycles. The van der Waals surface area contributed by atoms with Gasteiger partial charge in [-0.05, 0) is 67.9 Å². The Hall–Kier alpha value is -3.12. The summed E-state index contributed by atoms with van der Waals surface area (Å²) < 4.78 is 11.4. The first kappa shape index (κ1) is 22.1. The Morgan fingerprint density at radius 3 is 2.31 bits per heavy atom. The Morgan fingerprint density at radius 1 is 1.03 bits per heavy atom. The van der Waals surface area contributed by atoms with Crippen LogP contribution in [-0.4, -0.2) is 49.0 Å². The second kappa shape index (κ2) is 8.79. The SMILES string of the molecule is CCN(CC)CCN1C(=O)c2oc3cc(C)c(C)cc3c(=O)c2C1c1ccc(OC)cc1. The van der Waals surface area contributed by atoms with E-state index < -0.39 is 6.04 Å². The normalized spacial score (nSPS) is 15.6. The second-order valence-electron chi connectivity index (χ2n) is 8.31. The highest BCUT2D eigenvalue weighted by atomic mass is 16.5. The quantitative estimate of drug-likeness (QED) is 0.555. The van der Waals surface area contributed by atoms with Crippen LogP contribution in [0.15, 0.2) is 45.6 Å². The Bertz CT molecular complexity index is 1210. The van der Waals surface area contributed by atoms with E-state index in [2.05, 4.69) is 18.7 Å². The van der Waals surface area contributed by atoms with E-state index in [1.165, 1.54) is 0 Å². The first-order chi connectivity index (χ1) is 15.4. The number of rotatable bonds is 7. The number of hydrogen-bond acceptors (Lipinski definition) is 5. The monoisotopic (exact) mass is 434 g/mol. The molecule has 1 atom stereocenters. The van der Waals surface area contributed by atoms with Crippen molar-refractivity contribution in [3.8, 4) is 5.75 Å². The molecule has 1 unspecified atom stereocenters. The minimum absolute atomic E-state index is 0.135. The van der Waals surface area contributed by atoms with E-state index in [1.807, 2.05) is 50.2 Å². The third kappa shape index (κ3) is 3.69. The van der Waals surface area contributed by atoms with Crippen LogP contribution in [0.1, 0.15) is 52.7 Å². The fourth-order valence-electron chi connectivity index (χ4n) is 4.43. The lowest BCUT2D eigenvalue weighted by Gasteiger charge is -2.28. The number of ether oxygens (including phenoxy) is 1. The highest BCUT2D eigenvalue weighted by Gasteiger charge is 2.42. The third-order valence-electron chi connectivity index (χ3n) is 6.57. The maximum absolute atomic E-state index is 13.7. The van der Waals surface area contributed by atoms with Crippen molar-refractivity contribution >= 4 is 16.9 Å². The van der Waals surface area contributed by atoms with Crippen molar-refractivity contribution in [2.75, 3.05) is 33.3 Å². The van der Waals surface area contributed by atoms with Gasteiger partial charge >= 0.3 is 0 Å². The summed E-state index contributed by atoms with van der Waals surface area (Å²) in [5.74, 6) is 0.654. The molecule has 168 valence electrons. The first-order valence-corrected chi connectivity index (χ1v) is 11.1. The zero-order chi connectivity index (χ0) is 23.0. The van der Waals surface area contributed by atoms with Gasteiger partial charge in [0, 0.05) is 13.1 Å². The molecule has 4 rings (SSSR count). The summed E-state index contributed by atoms with van der Waals surface area (Å²) in [5, 5.41) is 0.517. The fourth-order valence-corrected chi connectivity index (χ4v) is 4.43. The van der Waals surface area contributed by atoms with Crippen molar-refractivity contribution in [3.05, 3.63) is 74.6 Å². The molecule has 1 aromatic heterocycles. The van der Waals surface area contributed by atoms with Crippen LogP contribution in [0.4, 0.5) is 0 Å². The van der Waals surface area contributed by atoms with Crippen molar-refractivity contribution in [3.63, 3.8) is 0 Å². The van der Waals surface area contributed by atoms with Gasteiger partial charge < -0.3 is 19.0 Å². The van der Waals surface area contributed by atoms with Crippen molar-refractivity contribution < 1.29 is 13.9 Å². The van der Waals surface area contributed by atoms with Gasteiger partial charge in [0.1, 0.15) is 11.3 Å². The molecule has 0 bridgehead atoms. The van der Waals surface area contributed by atoms with Crippen LogP contribution < -0.4 is 10.2 Å². The molecule has 0 aliphatic carbocycles. The number of carbonyl (C=O) groups is 1. The predicted octanol–water partition coefficient (Wildman–Crippen LogP) is 4.31. The fraction of sp³-hybridized carbons (Fsp3) is 0.385. The van der Waals surface area contributed by atoms with Crippen LogP contribution in [0.25, 0.3) is 11.0 Å². The van der Waals surface area contributed by atoms with Crippen LogP contribution >= 0.6 is 0 Å². The van der Waals surface area contributed by atoms with Gasteiger partial charge in [-0.1, -0.05) is 26.0 Å². The van der Waals surface area contributed by atoms with E-state index >= 15 is 0 Å². The number of nitrogens with zero attached hydrogens (tertiary/aromatic N) is 2.